The van der Waals surface area contributed by atoms with Gasteiger partial charge in [0.05, 0.1) is 11.7 Å². The second-order valence-electron chi connectivity index (χ2n) is 7.64. The van der Waals surface area contributed by atoms with Crippen LogP contribution in [0.25, 0.3) is 21.3 Å². The average molecular weight is 446 g/mol. The Morgan fingerprint density at radius 3 is 2.41 bits per heavy atom. The van der Waals surface area contributed by atoms with Gasteiger partial charge in [-0.2, -0.15) is 0 Å². The van der Waals surface area contributed by atoms with E-state index >= 15 is 0 Å². The number of hydrogen-bond acceptors (Lipinski definition) is 5. The Morgan fingerprint density at radius 1 is 1.09 bits per heavy atom. The number of Topliss-reactive ketones (excluding diaryl/α,β-unsaturated/α-hetero) is 1. The minimum atomic E-state index is -0.762. The summed E-state index contributed by atoms with van der Waals surface area (Å²) in [5.41, 5.74) is 3.88. The summed E-state index contributed by atoms with van der Waals surface area (Å²) in [6.45, 7) is 5.25. The number of carbonyl (C=O) groups is 2. The molecule has 0 spiro atoms. The number of benzene rings is 2. The first-order valence-corrected chi connectivity index (χ1v) is 11.3. The van der Waals surface area contributed by atoms with Gasteiger partial charge in [0.15, 0.2) is 5.78 Å². The smallest absolute Gasteiger partial charge is 0.263 e. The fraction of sp³-hybridized carbons (Fsp3) is 0.200. The second kappa shape index (κ2) is 8.88. The van der Waals surface area contributed by atoms with Crippen LogP contribution in [0.3, 0.4) is 0 Å². The number of aryl methyl sites for hydroxylation is 1. The highest BCUT2D eigenvalue weighted by atomic mass is 32.1. The topological polar surface area (TPSA) is 81.1 Å². The van der Waals surface area contributed by atoms with Crippen molar-refractivity contribution in [3.8, 4) is 11.1 Å². The van der Waals surface area contributed by atoms with E-state index in [4.69, 9.17) is 0 Å². The van der Waals surface area contributed by atoms with E-state index in [1.54, 1.807) is 31.2 Å². The van der Waals surface area contributed by atoms with Crippen LogP contribution in [0.4, 0.5) is 5.69 Å². The normalized spacial score (nSPS) is 12.0. The quantitative estimate of drug-likeness (QED) is 0.419. The summed E-state index contributed by atoms with van der Waals surface area (Å²) < 4.78 is 1.36. The lowest BCUT2D eigenvalue weighted by Gasteiger charge is -2.15. The Morgan fingerprint density at radius 2 is 1.78 bits per heavy atom. The SMILES string of the molecule is CCc1ccc(-c2csc3ncn(C(C)C(=O)Nc4ccc(C(C)=O)cc4)c(=O)c23)cc1. The molecule has 6 nitrogen and oxygen atoms in total. The molecular formula is C25H23N3O3S. The maximum absolute atomic E-state index is 13.3. The minimum absolute atomic E-state index is 0.0434. The van der Waals surface area contributed by atoms with Gasteiger partial charge in [-0.1, -0.05) is 31.2 Å². The van der Waals surface area contributed by atoms with Gasteiger partial charge in [0.25, 0.3) is 5.56 Å². The molecule has 0 aliphatic heterocycles. The van der Waals surface area contributed by atoms with Gasteiger partial charge in [0.2, 0.25) is 5.91 Å². The third-order valence-electron chi connectivity index (χ3n) is 5.55. The highest BCUT2D eigenvalue weighted by Gasteiger charge is 2.20. The van der Waals surface area contributed by atoms with E-state index in [0.29, 0.717) is 21.5 Å². The first kappa shape index (κ1) is 21.6. The van der Waals surface area contributed by atoms with E-state index in [0.717, 1.165) is 17.5 Å². The molecule has 1 N–H and O–H groups in total. The van der Waals surface area contributed by atoms with Crippen molar-refractivity contribution in [2.75, 3.05) is 5.32 Å². The maximum Gasteiger partial charge on any atom is 0.263 e. The standard InChI is InChI=1S/C25H23N3O3S/c1-4-17-5-7-19(8-6-17)21-13-32-24-22(21)25(31)28(14-26-24)15(2)23(30)27-20-11-9-18(10-12-20)16(3)29/h5-15H,4H2,1-3H3,(H,27,30). The molecule has 162 valence electrons. The van der Waals surface area contributed by atoms with E-state index in [2.05, 4.69) is 29.4 Å². The molecule has 0 radical (unpaired) electrons. The summed E-state index contributed by atoms with van der Waals surface area (Å²) >= 11 is 1.42. The summed E-state index contributed by atoms with van der Waals surface area (Å²) in [6, 6.07) is 14.0. The predicted molar refractivity (Wildman–Crippen MR) is 128 cm³/mol. The third kappa shape index (κ3) is 4.11. The molecular weight excluding hydrogens is 422 g/mol. The molecule has 0 bridgehead atoms. The van der Waals surface area contributed by atoms with Crippen molar-refractivity contribution in [3.05, 3.63) is 81.7 Å². The van der Waals surface area contributed by atoms with E-state index in [-0.39, 0.29) is 17.2 Å². The van der Waals surface area contributed by atoms with E-state index in [1.807, 2.05) is 17.5 Å². The van der Waals surface area contributed by atoms with Gasteiger partial charge in [-0.3, -0.25) is 19.0 Å². The van der Waals surface area contributed by atoms with E-state index < -0.39 is 6.04 Å². The first-order chi connectivity index (χ1) is 15.4. The Balaban J connectivity index is 1.64. The van der Waals surface area contributed by atoms with Crippen LogP contribution in [0.15, 0.2) is 65.0 Å². The van der Waals surface area contributed by atoms with Crippen molar-refractivity contribution >= 4 is 38.9 Å². The molecule has 1 amide bonds. The molecule has 0 fully saturated rings. The van der Waals surface area contributed by atoms with Gasteiger partial charge in [-0.25, -0.2) is 4.98 Å². The Hall–Kier alpha value is -3.58. The summed E-state index contributed by atoms with van der Waals surface area (Å²) in [5, 5.41) is 5.26. The van der Waals surface area contributed by atoms with Crippen LogP contribution in [-0.2, 0) is 11.2 Å². The number of carbonyl (C=O) groups excluding carboxylic acids is 2. The largest absolute Gasteiger partial charge is 0.324 e. The van der Waals surface area contributed by atoms with Gasteiger partial charge in [0.1, 0.15) is 10.9 Å². The minimum Gasteiger partial charge on any atom is -0.324 e. The molecule has 0 aliphatic carbocycles. The lowest BCUT2D eigenvalue weighted by Crippen LogP contribution is -2.31. The van der Waals surface area contributed by atoms with Crippen LogP contribution in [-0.4, -0.2) is 21.2 Å². The molecule has 1 atom stereocenters. The predicted octanol–water partition coefficient (Wildman–Crippen LogP) is 5.09. The van der Waals surface area contributed by atoms with Crippen molar-refractivity contribution in [3.63, 3.8) is 0 Å². The molecule has 4 aromatic rings. The highest BCUT2D eigenvalue weighted by molar-refractivity contribution is 7.17. The van der Waals surface area contributed by atoms with Crippen LogP contribution < -0.4 is 10.9 Å². The molecule has 1 unspecified atom stereocenters. The number of nitrogens with zero attached hydrogens (tertiary/aromatic N) is 2. The third-order valence-corrected chi connectivity index (χ3v) is 6.43. The van der Waals surface area contributed by atoms with Gasteiger partial charge in [0, 0.05) is 22.2 Å². The molecule has 2 aromatic carbocycles. The number of thiophene rings is 1. The maximum atomic E-state index is 13.3. The lowest BCUT2D eigenvalue weighted by molar-refractivity contribution is -0.118. The number of hydrogen-bond donors (Lipinski definition) is 1. The van der Waals surface area contributed by atoms with Crippen LogP contribution in [0.1, 0.15) is 42.7 Å². The van der Waals surface area contributed by atoms with Crippen LogP contribution in [0.5, 0.6) is 0 Å². The summed E-state index contributed by atoms with van der Waals surface area (Å²) in [7, 11) is 0. The molecule has 32 heavy (non-hydrogen) atoms. The van der Waals surface area contributed by atoms with E-state index in [1.165, 1.54) is 34.7 Å². The van der Waals surface area contributed by atoms with Gasteiger partial charge < -0.3 is 5.32 Å². The van der Waals surface area contributed by atoms with Crippen LogP contribution >= 0.6 is 11.3 Å². The fourth-order valence-electron chi connectivity index (χ4n) is 3.52. The summed E-state index contributed by atoms with van der Waals surface area (Å²) in [4.78, 5) is 42.7. The number of ketones is 1. The number of amides is 1. The van der Waals surface area contributed by atoms with Crippen molar-refractivity contribution < 1.29 is 9.59 Å². The average Bonchev–Trinajstić information content (AvgIpc) is 3.24. The number of nitrogens with one attached hydrogen (secondary N) is 1. The summed E-state index contributed by atoms with van der Waals surface area (Å²) in [5.74, 6) is -0.383. The molecule has 4 rings (SSSR count). The molecule has 0 saturated carbocycles. The van der Waals surface area contributed by atoms with Gasteiger partial charge in [-0.15, -0.1) is 11.3 Å². The molecule has 2 aromatic heterocycles. The van der Waals surface area contributed by atoms with Crippen molar-refractivity contribution in [2.24, 2.45) is 0 Å². The molecule has 7 heteroatoms. The van der Waals surface area contributed by atoms with E-state index in [9.17, 15) is 14.4 Å². The number of fused-ring (bicyclic) bond motifs is 1. The Bertz CT molecular complexity index is 1350. The molecule has 0 aliphatic rings. The van der Waals surface area contributed by atoms with Gasteiger partial charge >= 0.3 is 0 Å². The number of aromatic nitrogens is 2. The van der Waals surface area contributed by atoms with Crippen LogP contribution in [0, 0.1) is 0 Å². The number of anilines is 1. The Labute approximate surface area is 189 Å². The first-order valence-electron chi connectivity index (χ1n) is 10.4. The van der Waals surface area contributed by atoms with Crippen molar-refractivity contribution in [1.82, 2.24) is 9.55 Å². The highest BCUT2D eigenvalue weighted by Crippen LogP contribution is 2.31. The van der Waals surface area contributed by atoms with Crippen LogP contribution in [0.2, 0.25) is 0 Å². The van der Waals surface area contributed by atoms with Crippen molar-refractivity contribution in [1.29, 1.82) is 0 Å². The zero-order valence-corrected chi connectivity index (χ0v) is 18.9. The number of rotatable bonds is 6. The fourth-order valence-corrected chi connectivity index (χ4v) is 4.42. The zero-order chi connectivity index (χ0) is 22.8. The summed E-state index contributed by atoms with van der Waals surface area (Å²) in [6.07, 6.45) is 2.37. The second-order valence-corrected chi connectivity index (χ2v) is 8.49. The zero-order valence-electron chi connectivity index (χ0n) is 18.1. The van der Waals surface area contributed by atoms with Crippen molar-refractivity contribution in [2.45, 2.75) is 33.2 Å². The molecule has 0 saturated heterocycles. The lowest BCUT2D eigenvalue weighted by atomic mass is 10.0. The molecule has 2 heterocycles. The Kier molecular flexibility index (Phi) is 6.01. The monoisotopic (exact) mass is 445 g/mol. The van der Waals surface area contributed by atoms with Gasteiger partial charge in [-0.05, 0) is 55.7 Å².